The number of rotatable bonds is 4. The highest BCUT2D eigenvalue weighted by Gasteiger charge is 2.54. The minimum absolute atomic E-state index is 0.691. The van der Waals surface area contributed by atoms with E-state index in [1.807, 2.05) is 61.8 Å². The largest absolute Gasteiger partial charge is 0.377 e. The Morgan fingerprint density at radius 2 is 1.31 bits per heavy atom. The Labute approximate surface area is 312 Å². The van der Waals surface area contributed by atoms with Gasteiger partial charge in [-0.1, -0.05) is 84.4 Å². The molecule has 256 valence electrons. The predicted octanol–water partition coefficient (Wildman–Crippen LogP) is 7.33. The van der Waals surface area contributed by atoms with Crippen molar-refractivity contribution in [3.05, 3.63) is 196 Å². The quantitative estimate of drug-likeness (QED) is 0.172. The minimum Gasteiger partial charge on any atom is -0.377 e. The molecule has 2 atom stereocenters. The Bertz CT molecular complexity index is 2520. The molecule has 7 heterocycles. The Balaban J connectivity index is 1.39. The highest BCUT2D eigenvalue weighted by Crippen LogP contribution is 2.54. The van der Waals surface area contributed by atoms with Crippen molar-refractivity contribution in [3.8, 4) is 0 Å². The summed E-state index contributed by atoms with van der Waals surface area (Å²) in [5.74, 6) is 0. The van der Waals surface area contributed by atoms with Crippen LogP contribution < -0.4 is 10.7 Å². The van der Waals surface area contributed by atoms with Crippen LogP contribution in [0.25, 0.3) is 16.7 Å². The number of benzene rings is 2. The molecular weight excluding hydrogens is 683 g/mol. The second kappa shape index (κ2) is 12.6. The van der Waals surface area contributed by atoms with Crippen molar-refractivity contribution in [1.29, 1.82) is 0 Å². The number of aromatic nitrogens is 2. The maximum atomic E-state index is 8.01. The molecule has 0 spiro atoms. The SMILES string of the molecule is CN1C=CC(C2=c3ccc([nH]3)=C(c3ccccc3)C3=NC(=C(c4ccccc4)c4ccc([nH]4)[C@](Cl)(C4=CCN(C)C=C4)[C@]4(Cl)C=CC2=N4)C=C3)=CC1. The third-order valence-electron chi connectivity index (χ3n) is 10.2. The van der Waals surface area contributed by atoms with Crippen LogP contribution in [0.4, 0.5) is 0 Å². The van der Waals surface area contributed by atoms with Gasteiger partial charge in [-0.2, -0.15) is 0 Å². The molecule has 0 saturated carbocycles. The van der Waals surface area contributed by atoms with E-state index in [9.17, 15) is 0 Å². The van der Waals surface area contributed by atoms with E-state index in [1.165, 1.54) is 0 Å². The summed E-state index contributed by atoms with van der Waals surface area (Å²) in [6, 6.07) is 29.2. The number of nitrogens with one attached hydrogen (secondary N) is 2. The van der Waals surface area contributed by atoms with Gasteiger partial charge in [0.25, 0.3) is 0 Å². The van der Waals surface area contributed by atoms with Gasteiger partial charge >= 0.3 is 0 Å². The highest BCUT2D eigenvalue weighted by atomic mass is 35.5. The number of allylic oxidation sites excluding steroid dienone is 6. The maximum Gasteiger partial charge on any atom is 0.181 e. The average Bonchev–Trinajstić information content (AvgIpc) is 4.00. The van der Waals surface area contributed by atoms with Crippen molar-refractivity contribution >= 4 is 51.3 Å². The lowest BCUT2D eigenvalue weighted by Crippen LogP contribution is -2.42. The summed E-state index contributed by atoms with van der Waals surface area (Å²) in [4.78, 5) is 19.8. The zero-order valence-electron chi connectivity index (χ0n) is 28.8. The normalized spacial score (nSPS) is 23.7. The molecule has 0 saturated heterocycles. The monoisotopic (exact) mass is 718 g/mol. The fourth-order valence-corrected chi connectivity index (χ4v) is 8.24. The second-order valence-electron chi connectivity index (χ2n) is 13.6. The number of likely N-dealkylation sites (N-methyl/N-ethyl adjacent to an activating group) is 2. The van der Waals surface area contributed by atoms with Gasteiger partial charge in [-0.3, -0.25) is 4.99 Å². The fraction of sp³-hybridized carbons (Fsp3) is 0.136. The molecule has 2 N–H and O–H groups in total. The molecule has 9 rings (SSSR count). The molecule has 5 aliphatic heterocycles. The Hall–Kier alpha value is -5.56. The van der Waals surface area contributed by atoms with Gasteiger partial charge < -0.3 is 19.8 Å². The van der Waals surface area contributed by atoms with Crippen LogP contribution in [0.3, 0.4) is 0 Å². The predicted molar refractivity (Wildman–Crippen MR) is 215 cm³/mol. The van der Waals surface area contributed by atoms with Crippen LogP contribution in [-0.4, -0.2) is 63.4 Å². The van der Waals surface area contributed by atoms with Crippen LogP contribution in [0.5, 0.6) is 0 Å². The van der Waals surface area contributed by atoms with Gasteiger partial charge in [-0.25, -0.2) is 4.99 Å². The molecule has 5 aliphatic rings. The number of hydrogen-bond donors (Lipinski definition) is 2. The van der Waals surface area contributed by atoms with Crippen molar-refractivity contribution in [2.24, 2.45) is 9.98 Å². The summed E-state index contributed by atoms with van der Waals surface area (Å²) >= 11 is 15.8. The summed E-state index contributed by atoms with van der Waals surface area (Å²) in [6.45, 7) is 1.46. The molecule has 8 heteroatoms. The van der Waals surface area contributed by atoms with Gasteiger partial charge in [0, 0.05) is 66.0 Å². The topological polar surface area (TPSA) is 62.8 Å². The van der Waals surface area contributed by atoms with Gasteiger partial charge in [-0.05, 0) is 95.4 Å². The third kappa shape index (κ3) is 5.33. The van der Waals surface area contributed by atoms with E-state index in [0.29, 0.717) is 6.54 Å². The molecule has 6 nitrogen and oxygen atoms in total. The first-order valence-corrected chi connectivity index (χ1v) is 18.2. The van der Waals surface area contributed by atoms with E-state index in [4.69, 9.17) is 33.2 Å². The van der Waals surface area contributed by atoms with E-state index < -0.39 is 9.87 Å². The molecule has 2 aromatic heterocycles. The molecule has 2 aromatic carbocycles. The molecular formula is C44H36Cl2N6. The zero-order valence-corrected chi connectivity index (χ0v) is 30.3. The first-order chi connectivity index (χ1) is 25.3. The molecule has 0 unspecified atom stereocenters. The smallest absolute Gasteiger partial charge is 0.181 e. The number of halogens is 2. The van der Waals surface area contributed by atoms with Crippen LogP contribution >= 0.6 is 23.2 Å². The lowest BCUT2D eigenvalue weighted by molar-refractivity contribution is 0.487. The fourth-order valence-electron chi connectivity index (χ4n) is 7.52. The Morgan fingerprint density at radius 1 is 0.635 bits per heavy atom. The summed E-state index contributed by atoms with van der Waals surface area (Å²) < 4.78 is 0. The van der Waals surface area contributed by atoms with E-state index in [2.05, 4.69) is 118 Å². The van der Waals surface area contributed by atoms with E-state index in [1.54, 1.807) is 0 Å². The summed E-state index contributed by atoms with van der Waals surface area (Å²) in [7, 11) is 4.10. The number of fused-ring (bicyclic) bond motifs is 6. The van der Waals surface area contributed by atoms with Gasteiger partial charge in [0.1, 0.15) is 0 Å². The van der Waals surface area contributed by atoms with Crippen LogP contribution in [0.1, 0.15) is 22.5 Å². The van der Waals surface area contributed by atoms with Crippen molar-refractivity contribution in [3.63, 3.8) is 0 Å². The summed E-state index contributed by atoms with van der Waals surface area (Å²) in [6.07, 6.45) is 20.8. The number of H-pyrrole nitrogens is 2. The molecule has 8 bridgehead atoms. The third-order valence-corrected chi connectivity index (χ3v) is 11.5. The molecule has 4 aromatic rings. The first-order valence-electron chi connectivity index (χ1n) is 17.4. The van der Waals surface area contributed by atoms with Crippen molar-refractivity contribution in [2.45, 2.75) is 9.87 Å². The van der Waals surface area contributed by atoms with Gasteiger partial charge in [0.05, 0.1) is 17.1 Å². The highest BCUT2D eigenvalue weighted by molar-refractivity contribution is 6.41. The maximum absolute atomic E-state index is 8.01. The average molecular weight is 720 g/mol. The van der Waals surface area contributed by atoms with E-state index >= 15 is 0 Å². The van der Waals surface area contributed by atoms with Gasteiger partial charge in [0.2, 0.25) is 0 Å². The van der Waals surface area contributed by atoms with Gasteiger partial charge in [0.15, 0.2) is 9.87 Å². The van der Waals surface area contributed by atoms with Crippen LogP contribution in [0, 0.1) is 0 Å². The van der Waals surface area contributed by atoms with Crippen LogP contribution in [0.2, 0.25) is 0 Å². The van der Waals surface area contributed by atoms with Crippen LogP contribution in [0.15, 0.2) is 173 Å². The molecule has 0 amide bonds. The number of hydrogen-bond acceptors (Lipinski definition) is 4. The zero-order chi connectivity index (χ0) is 35.5. The summed E-state index contributed by atoms with van der Waals surface area (Å²) in [5.41, 5.74) is 11.0. The molecule has 0 fully saturated rings. The number of aromatic amines is 2. The van der Waals surface area contributed by atoms with Gasteiger partial charge in [-0.15, -0.1) is 11.6 Å². The Kier molecular flexibility index (Phi) is 7.83. The molecule has 0 radical (unpaired) electrons. The first kappa shape index (κ1) is 32.4. The van der Waals surface area contributed by atoms with Crippen molar-refractivity contribution < 1.29 is 0 Å². The Morgan fingerprint density at radius 3 is 1.98 bits per heavy atom. The van der Waals surface area contributed by atoms with E-state index in [-0.39, 0.29) is 0 Å². The lowest BCUT2D eigenvalue weighted by atomic mass is 9.85. The lowest BCUT2D eigenvalue weighted by Gasteiger charge is -2.39. The molecule has 0 aliphatic carbocycles. The van der Waals surface area contributed by atoms with Crippen molar-refractivity contribution in [1.82, 2.24) is 19.8 Å². The standard InChI is InChI=1S/C44H36Cl2N6/c1-51-25-20-31(21-26-51)42-36-16-15-34(48-36)40(29-9-5-3-6-10-29)33-13-14-35(47-33)41(30-11-7-4-8-12-30)37-17-18-39(49-37)44(46,32-22-27-52(2)28-23-32)43(45)24-19-38(42)50-43/h3-25,27,48-49H,26,28H2,1-2H3/t43-,44+/m0/s1. The van der Waals surface area contributed by atoms with Crippen LogP contribution in [-0.2, 0) is 4.87 Å². The summed E-state index contributed by atoms with van der Waals surface area (Å²) in [5, 5.41) is 1.87. The number of alkyl halides is 2. The molecule has 52 heavy (non-hydrogen) atoms. The number of aliphatic imine (C=N–C) groups is 2. The number of nitrogens with zero attached hydrogens (tertiary/aromatic N) is 4. The minimum atomic E-state index is -1.37. The van der Waals surface area contributed by atoms with Crippen molar-refractivity contribution in [2.75, 3.05) is 27.2 Å². The second-order valence-corrected chi connectivity index (χ2v) is 14.8. The van der Waals surface area contributed by atoms with E-state index in [0.717, 1.165) is 84.7 Å².